The molecule has 0 aromatic carbocycles. The van der Waals surface area contributed by atoms with Gasteiger partial charge in [-0.15, -0.1) is 0 Å². The molecule has 6 nitrogen and oxygen atoms in total. The van der Waals surface area contributed by atoms with Crippen molar-refractivity contribution < 1.29 is 8.42 Å². The lowest BCUT2D eigenvalue weighted by atomic mass is 10.1. The maximum atomic E-state index is 11.4. The van der Waals surface area contributed by atoms with Crippen LogP contribution in [0.25, 0.3) is 5.65 Å². The van der Waals surface area contributed by atoms with Crippen molar-refractivity contribution in [3.05, 3.63) is 35.8 Å². The minimum absolute atomic E-state index is 0.00433. The fourth-order valence-electron chi connectivity index (χ4n) is 3.15. The highest BCUT2D eigenvalue weighted by atomic mass is 32.2. The number of nitrogens with zero attached hydrogens (tertiary/aromatic N) is 3. The van der Waals surface area contributed by atoms with Crippen molar-refractivity contribution in [1.82, 2.24) is 19.0 Å². The van der Waals surface area contributed by atoms with Crippen molar-refractivity contribution in [3.63, 3.8) is 0 Å². The van der Waals surface area contributed by atoms with Gasteiger partial charge in [-0.2, -0.15) is 0 Å². The van der Waals surface area contributed by atoms with Crippen molar-refractivity contribution in [1.29, 1.82) is 0 Å². The van der Waals surface area contributed by atoms with Crippen LogP contribution in [0.3, 0.4) is 0 Å². The molecule has 1 aliphatic heterocycles. The fraction of sp³-hybridized carbons (Fsp3) is 0.533. The first-order valence-corrected chi connectivity index (χ1v) is 9.43. The van der Waals surface area contributed by atoms with Crippen LogP contribution in [-0.4, -0.2) is 48.1 Å². The lowest BCUT2D eigenvalue weighted by molar-refractivity contribution is 0.192. The van der Waals surface area contributed by atoms with Crippen LogP contribution in [0.15, 0.2) is 24.5 Å². The molecule has 120 valence electrons. The molecule has 0 bridgehead atoms. The van der Waals surface area contributed by atoms with Gasteiger partial charge < -0.3 is 4.40 Å². The number of aromatic nitrogens is 2. The zero-order valence-electron chi connectivity index (χ0n) is 13.0. The smallest absolute Gasteiger partial charge is 0.208 e. The number of pyridine rings is 1. The molecule has 1 fully saturated rings. The summed E-state index contributed by atoms with van der Waals surface area (Å²) in [7, 11) is -3.14. The summed E-state index contributed by atoms with van der Waals surface area (Å²) in [6.07, 6.45) is 7.06. The van der Waals surface area contributed by atoms with Gasteiger partial charge in [0.25, 0.3) is 0 Å². The van der Waals surface area contributed by atoms with E-state index in [4.69, 9.17) is 0 Å². The molecule has 1 unspecified atom stereocenters. The molecule has 0 aliphatic carbocycles. The summed E-state index contributed by atoms with van der Waals surface area (Å²) in [6.45, 7) is 4.57. The second-order valence-electron chi connectivity index (χ2n) is 6.10. The Bertz CT molecular complexity index is 769. The fourth-order valence-corrected chi connectivity index (χ4v) is 3.94. The van der Waals surface area contributed by atoms with E-state index < -0.39 is 10.0 Å². The number of sulfonamides is 1. The number of piperidine rings is 1. The number of hydrogen-bond acceptors (Lipinski definition) is 4. The second kappa shape index (κ2) is 5.98. The summed E-state index contributed by atoms with van der Waals surface area (Å²) in [5.74, 6) is 0. The Balaban J connectivity index is 1.73. The summed E-state index contributed by atoms with van der Waals surface area (Å²) in [5, 5.41) is 0. The van der Waals surface area contributed by atoms with Gasteiger partial charge >= 0.3 is 0 Å². The Hall–Kier alpha value is -1.44. The van der Waals surface area contributed by atoms with Crippen LogP contribution >= 0.6 is 0 Å². The standard InChI is InChI=1S/C15H22N4O2S/c1-12-5-3-8-19-14(9-16-15(12)19)11-18-7-4-6-13(10-18)17-22(2,20)21/h3,5,8-9,13,17H,4,6-7,10-11H2,1-2H3. The Labute approximate surface area is 131 Å². The summed E-state index contributed by atoms with van der Waals surface area (Å²) in [6, 6.07) is 4.08. The molecule has 3 rings (SSSR count). The molecule has 7 heteroatoms. The van der Waals surface area contributed by atoms with Crippen molar-refractivity contribution in [3.8, 4) is 0 Å². The molecule has 0 amide bonds. The first kappa shape index (κ1) is 15.5. The molecule has 0 spiro atoms. The SMILES string of the molecule is Cc1cccn2c(CN3CCCC(NS(C)(=O)=O)C3)cnc12. The van der Waals surface area contributed by atoms with E-state index in [1.54, 1.807) is 0 Å². The molecule has 0 saturated carbocycles. The van der Waals surface area contributed by atoms with E-state index in [-0.39, 0.29) is 6.04 Å². The molecule has 2 aromatic heterocycles. The van der Waals surface area contributed by atoms with E-state index in [1.165, 1.54) is 6.26 Å². The van der Waals surface area contributed by atoms with Crippen LogP contribution < -0.4 is 4.72 Å². The quantitative estimate of drug-likeness (QED) is 0.917. The van der Waals surface area contributed by atoms with Gasteiger partial charge in [-0.1, -0.05) is 6.07 Å². The lowest BCUT2D eigenvalue weighted by Crippen LogP contribution is -2.47. The molecule has 1 aliphatic rings. The highest BCUT2D eigenvalue weighted by Gasteiger charge is 2.23. The van der Waals surface area contributed by atoms with Crippen molar-refractivity contribution in [2.45, 2.75) is 32.4 Å². The lowest BCUT2D eigenvalue weighted by Gasteiger charge is -2.32. The molecule has 0 radical (unpaired) electrons. The van der Waals surface area contributed by atoms with Gasteiger partial charge in [-0.3, -0.25) is 4.90 Å². The van der Waals surface area contributed by atoms with Gasteiger partial charge in [0.05, 0.1) is 18.1 Å². The second-order valence-corrected chi connectivity index (χ2v) is 7.88. The van der Waals surface area contributed by atoms with Gasteiger partial charge in [0.15, 0.2) is 0 Å². The Morgan fingerprint density at radius 3 is 3.05 bits per heavy atom. The van der Waals surface area contributed by atoms with Crippen LogP contribution in [0.5, 0.6) is 0 Å². The highest BCUT2D eigenvalue weighted by molar-refractivity contribution is 7.88. The molecule has 22 heavy (non-hydrogen) atoms. The van der Waals surface area contributed by atoms with Crippen LogP contribution in [-0.2, 0) is 16.6 Å². The number of rotatable bonds is 4. The van der Waals surface area contributed by atoms with Gasteiger partial charge in [-0.05, 0) is 37.9 Å². The highest BCUT2D eigenvalue weighted by Crippen LogP contribution is 2.16. The minimum Gasteiger partial charge on any atom is -0.303 e. The molecule has 1 saturated heterocycles. The number of nitrogens with one attached hydrogen (secondary N) is 1. The normalized spacial score (nSPS) is 20.5. The number of fused-ring (bicyclic) bond motifs is 1. The number of aryl methyl sites for hydroxylation is 1. The Morgan fingerprint density at radius 2 is 2.27 bits per heavy atom. The van der Waals surface area contributed by atoms with E-state index >= 15 is 0 Å². The largest absolute Gasteiger partial charge is 0.303 e. The van der Waals surface area contributed by atoms with E-state index in [1.807, 2.05) is 18.5 Å². The van der Waals surface area contributed by atoms with Gasteiger partial charge in [0.2, 0.25) is 10.0 Å². The third-order valence-electron chi connectivity index (χ3n) is 4.08. The van der Waals surface area contributed by atoms with Gasteiger partial charge in [-0.25, -0.2) is 18.1 Å². The predicted octanol–water partition coefficient (Wildman–Crippen LogP) is 1.16. The predicted molar refractivity (Wildman–Crippen MR) is 86.2 cm³/mol. The van der Waals surface area contributed by atoms with Crippen LogP contribution in [0.2, 0.25) is 0 Å². The van der Waals surface area contributed by atoms with E-state index in [0.29, 0.717) is 0 Å². The molecule has 1 N–H and O–H groups in total. The van der Waals surface area contributed by atoms with E-state index in [9.17, 15) is 8.42 Å². The van der Waals surface area contributed by atoms with E-state index in [0.717, 1.165) is 49.4 Å². The summed E-state index contributed by atoms with van der Waals surface area (Å²) < 4.78 is 27.6. The zero-order valence-corrected chi connectivity index (χ0v) is 13.8. The Kier molecular flexibility index (Phi) is 4.20. The third kappa shape index (κ3) is 3.48. The van der Waals surface area contributed by atoms with Crippen molar-refractivity contribution in [2.75, 3.05) is 19.3 Å². The summed E-state index contributed by atoms with van der Waals surface area (Å²) in [4.78, 5) is 6.78. The maximum Gasteiger partial charge on any atom is 0.208 e. The number of hydrogen-bond donors (Lipinski definition) is 1. The maximum absolute atomic E-state index is 11.4. The van der Waals surface area contributed by atoms with Crippen molar-refractivity contribution in [2.24, 2.45) is 0 Å². The average Bonchev–Trinajstić information content (AvgIpc) is 2.82. The third-order valence-corrected chi connectivity index (χ3v) is 4.84. The van der Waals surface area contributed by atoms with Crippen LogP contribution in [0, 0.1) is 6.92 Å². The first-order valence-electron chi connectivity index (χ1n) is 7.53. The van der Waals surface area contributed by atoms with Gasteiger partial charge in [0, 0.05) is 25.3 Å². The van der Waals surface area contributed by atoms with Crippen LogP contribution in [0.1, 0.15) is 24.1 Å². The van der Waals surface area contributed by atoms with Crippen molar-refractivity contribution >= 4 is 15.7 Å². The zero-order chi connectivity index (χ0) is 15.7. The monoisotopic (exact) mass is 322 g/mol. The molecule has 1 atom stereocenters. The number of likely N-dealkylation sites (tertiary alicyclic amines) is 1. The van der Waals surface area contributed by atoms with Gasteiger partial charge in [0.1, 0.15) is 5.65 Å². The summed E-state index contributed by atoms with van der Waals surface area (Å²) >= 11 is 0. The molecular formula is C15H22N4O2S. The molecular weight excluding hydrogens is 300 g/mol. The molecule has 3 heterocycles. The summed E-state index contributed by atoms with van der Waals surface area (Å²) in [5.41, 5.74) is 3.28. The molecule has 2 aromatic rings. The average molecular weight is 322 g/mol. The minimum atomic E-state index is -3.14. The Morgan fingerprint density at radius 1 is 1.45 bits per heavy atom. The van der Waals surface area contributed by atoms with Crippen LogP contribution in [0.4, 0.5) is 0 Å². The first-order chi connectivity index (χ1) is 10.4. The van der Waals surface area contributed by atoms with E-state index in [2.05, 4.69) is 32.0 Å². The number of imidazole rings is 1. The topological polar surface area (TPSA) is 66.7 Å².